The van der Waals surface area contributed by atoms with E-state index >= 15 is 0 Å². The van der Waals surface area contributed by atoms with Gasteiger partial charge in [-0.3, -0.25) is 0 Å². The molecular weight excluding hydrogens is 860 g/mol. The van der Waals surface area contributed by atoms with Crippen molar-refractivity contribution >= 4 is 17.4 Å². The number of benzene rings is 2. The van der Waals surface area contributed by atoms with Crippen molar-refractivity contribution in [2.24, 2.45) is 0 Å². The van der Waals surface area contributed by atoms with Crippen LogP contribution in [0.15, 0.2) is 48.8 Å². The first-order valence-electron chi connectivity index (χ1n) is 11.9. The first-order chi connectivity index (χ1) is 16.2. The Labute approximate surface area is 242 Å². The first kappa shape index (κ1) is 28.1. The van der Waals surface area contributed by atoms with Crippen molar-refractivity contribution in [1.82, 2.24) is 0 Å². The van der Waals surface area contributed by atoms with Crippen molar-refractivity contribution in [2.45, 2.75) is 53.4 Å². The summed E-state index contributed by atoms with van der Waals surface area (Å²) in [6.07, 6.45) is 9.71. The summed E-state index contributed by atoms with van der Waals surface area (Å²) >= 11 is 0.198. The molecule has 184 valence electrons. The van der Waals surface area contributed by atoms with Crippen molar-refractivity contribution in [3.05, 3.63) is 63.1 Å². The Kier molecular flexibility index (Phi) is 13.2. The van der Waals surface area contributed by atoms with Crippen molar-refractivity contribution in [1.29, 1.82) is 0 Å². The van der Waals surface area contributed by atoms with Crippen LogP contribution in [0.1, 0.15) is 53.4 Å². The molecular formula is C27H36I4N2-2. The van der Waals surface area contributed by atoms with E-state index < -0.39 is 0 Å². The summed E-state index contributed by atoms with van der Waals surface area (Å²) in [5.41, 5.74) is 2.95. The predicted molar refractivity (Wildman–Crippen MR) is 122 cm³/mol. The number of hydrogen-bond acceptors (Lipinski definition) is 0. The van der Waals surface area contributed by atoms with Crippen molar-refractivity contribution < 1.29 is 94.0 Å². The predicted octanol–water partition coefficient (Wildman–Crippen LogP) is -5.99. The number of nitrogens with zero attached hydrogens (tertiary/aromatic N) is 2. The first-order valence-corrected chi connectivity index (χ1v) is 22.3. The Balaban J connectivity index is 2.12. The molecule has 0 spiro atoms. The Bertz CT molecular complexity index is 893. The summed E-state index contributed by atoms with van der Waals surface area (Å²) in [7, 11) is 0. The van der Waals surface area contributed by atoms with Gasteiger partial charge in [-0.25, -0.2) is 0 Å². The molecule has 1 aliphatic rings. The molecule has 0 atom stereocenters. The van der Waals surface area contributed by atoms with Crippen LogP contribution in [0.25, 0.3) is 0 Å². The zero-order valence-corrected chi connectivity index (χ0v) is 28.8. The molecule has 0 aliphatic carbocycles. The standard InChI is InChI=1S/C27H36I4N2/c1-5-15-28-22-11-9-12-23(29-16-6-2)26(22)32-19-20-33(21-32)27-24(30-17-7-3)13-10-14-25(27)31-18-8-4/h9-14,19-20H,5-8,15-18H2,1-4H3/q-2. The number of halogens is 4. The van der Waals surface area contributed by atoms with Crippen LogP contribution in [-0.4, -0.2) is 32.9 Å². The van der Waals surface area contributed by atoms with Crippen LogP contribution in [0.5, 0.6) is 0 Å². The minimum atomic E-state index is 0.0494. The summed E-state index contributed by atoms with van der Waals surface area (Å²) in [6, 6.07) is 18.0. The van der Waals surface area contributed by atoms with Gasteiger partial charge in [0.1, 0.15) is 0 Å². The van der Waals surface area contributed by atoms with E-state index in [1.807, 2.05) is 0 Å². The molecule has 33 heavy (non-hydrogen) atoms. The van der Waals surface area contributed by atoms with E-state index in [0.29, 0.717) is 0 Å². The third-order valence-electron chi connectivity index (χ3n) is 4.65. The fourth-order valence-electron chi connectivity index (χ4n) is 3.22. The van der Waals surface area contributed by atoms with Gasteiger partial charge in [0.25, 0.3) is 0 Å². The van der Waals surface area contributed by atoms with Crippen LogP contribution < -0.4 is 84.8 Å². The van der Waals surface area contributed by atoms with Crippen molar-refractivity contribution in [3.63, 3.8) is 0 Å². The van der Waals surface area contributed by atoms with Crippen LogP contribution in [0.3, 0.4) is 0 Å². The van der Waals surface area contributed by atoms with Crippen LogP contribution in [0.4, 0.5) is 11.4 Å². The van der Waals surface area contributed by atoms with Crippen LogP contribution in [0, 0.1) is 14.3 Å². The number of rotatable bonds is 14. The molecule has 0 aromatic heterocycles. The monoisotopic (exact) mass is 896 g/mol. The molecule has 0 N–H and O–H groups in total. The van der Waals surface area contributed by atoms with Gasteiger partial charge in [0.15, 0.2) is 0 Å². The molecule has 1 heterocycles. The van der Waals surface area contributed by atoms with Crippen LogP contribution >= 0.6 is 0 Å². The van der Waals surface area contributed by atoms with Gasteiger partial charge in [-0.05, 0) is 0 Å². The van der Waals surface area contributed by atoms with Crippen LogP contribution in [0.2, 0.25) is 0 Å². The zero-order valence-electron chi connectivity index (χ0n) is 20.2. The third kappa shape index (κ3) is 7.98. The molecule has 1 aliphatic heterocycles. The van der Waals surface area contributed by atoms with E-state index in [-0.39, 0.29) is 84.8 Å². The van der Waals surface area contributed by atoms with Gasteiger partial charge < -0.3 is 0 Å². The van der Waals surface area contributed by atoms with E-state index in [9.17, 15) is 0 Å². The van der Waals surface area contributed by atoms with Gasteiger partial charge in [0.2, 0.25) is 0 Å². The van der Waals surface area contributed by atoms with Gasteiger partial charge in [0, 0.05) is 0 Å². The topological polar surface area (TPSA) is 6.02 Å². The number of hydrogen-bond donors (Lipinski definition) is 0. The molecule has 2 aromatic carbocycles. The molecule has 0 saturated carbocycles. The number of alkyl halides is 4. The zero-order chi connectivity index (χ0) is 23.5. The van der Waals surface area contributed by atoms with Gasteiger partial charge in [-0.1, -0.05) is 0 Å². The second kappa shape index (κ2) is 15.6. The molecule has 0 fully saturated rings. The summed E-state index contributed by atoms with van der Waals surface area (Å²) in [5, 5.41) is 0. The Hall–Kier alpha value is 0.480. The maximum absolute atomic E-state index is 3.82. The van der Waals surface area contributed by atoms with Gasteiger partial charge in [-0.15, -0.1) is 0 Å². The molecule has 6 heteroatoms. The second-order valence-corrected chi connectivity index (χ2v) is 19.6. The van der Waals surface area contributed by atoms with Gasteiger partial charge >= 0.3 is 246 Å². The Morgan fingerprint density at radius 2 is 0.848 bits per heavy atom. The van der Waals surface area contributed by atoms with Crippen molar-refractivity contribution in [3.8, 4) is 0 Å². The van der Waals surface area contributed by atoms with Crippen molar-refractivity contribution in [2.75, 3.05) is 17.7 Å². The Morgan fingerprint density at radius 3 is 1.12 bits per heavy atom. The van der Waals surface area contributed by atoms with E-state index in [2.05, 4.69) is 91.7 Å². The molecule has 0 bridgehead atoms. The van der Waals surface area contributed by atoms with Crippen LogP contribution in [-0.2, 0) is 0 Å². The number of para-hydroxylation sites is 2. The average molecular weight is 896 g/mol. The average Bonchev–Trinajstić information content (AvgIpc) is 3.32. The third-order valence-corrected chi connectivity index (χ3v) is 17.9. The normalized spacial score (nSPS) is 13.3. The summed E-state index contributed by atoms with van der Waals surface area (Å²) < 4.78 is 16.6. The fraction of sp³-hybridized carbons (Fsp3) is 0.444. The van der Waals surface area contributed by atoms with E-state index in [4.69, 9.17) is 0 Å². The fourth-order valence-corrected chi connectivity index (χ4v) is 14.2. The van der Waals surface area contributed by atoms with Gasteiger partial charge in [-0.2, -0.15) is 0 Å². The van der Waals surface area contributed by atoms with Gasteiger partial charge in [0.05, 0.1) is 0 Å². The van der Waals surface area contributed by atoms with E-state index in [1.54, 1.807) is 14.3 Å². The molecule has 2 aromatic rings. The summed E-state index contributed by atoms with van der Waals surface area (Å²) in [6.45, 7) is 9.28. The second-order valence-electron chi connectivity index (χ2n) is 7.57. The molecule has 0 saturated heterocycles. The van der Waals surface area contributed by atoms with E-state index in [1.165, 1.54) is 54.8 Å². The summed E-state index contributed by atoms with van der Waals surface area (Å²) in [5.74, 6) is 0. The van der Waals surface area contributed by atoms with E-state index in [0.717, 1.165) is 0 Å². The molecule has 2 nitrogen and oxygen atoms in total. The quantitative estimate of drug-likeness (QED) is 0.102. The molecule has 3 rings (SSSR count). The Morgan fingerprint density at radius 1 is 0.545 bits per heavy atom. The molecule has 0 radical (unpaired) electrons. The summed E-state index contributed by atoms with van der Waals surface area (Å²) in [4.78, 5) is 0. The molecule has 0 amide bonds. The SMILES string of the molecule is CCC[I-]c1cccc([I-]CCC)c1[N+]1=C=[N+](c2c([I-]CCC)cccc2[I-]CCC)C=C1. The molecule has 0 unspecified atom stereocenters. The minimum absolute atomic E-state index is 0.0494. The maximum atomic E-state index is 3.82.